The van der Waals surface area contributed by atoms with Crippen molar-refractivity contribution in [3.8, 4) is 0 Å². The molecule has 4 heterocycles. The van der Waals surface area contributed by atoms with E-state index in [1.807, 2.05) is 42.6 Å². The first-order chi connectivity index (χ1) is 24.5. The number of likely N-dealkylation sites (tertiary alicyclic amines) is 1. The van der Waals surface area contributed by atoms with Crippen molar-refractivity contribution in [3.63, 3.8) is 0 Å². The second-order valence-electron chi connectivity index (χ2n) is 11.0. The molecule has 14 nitrogen and oxygen atoms in total. The number of pyridine rings is 1. The first-order valence-corrected chi connectivity index (χ1v) is 14.9. The van der Waals surface area contributed by atoms with Crippen LogP contribution in [0.5, 0.6) is 0 Å². The third-order valence-electron chi connectivity index (χ3n) is 7.45. The number of aromatic nitrogens is 2. The maximum absolute atomic E-state index is 12.7. The van der Waals surface area contributed by atoms with Crippen LogP contribution in [0.4, 0.5) is 39.5 Å². The molecule has 0 aliphatic carbocycles. The fraction of sp³-hybridized carbons (Fsp3) is 0.400. The molecule has 23 heteroatoms. The van der Waals surface area contributed by atoms with E-state index in [1.165, 1.54) is 0 Å². The van der Waals surface area contributed by atoms with E-state index in [4.69, 9.17) is 29.7 Å². The first-order valence-electron chi connectivity index (χ1n) is 14.9. The van der Waals surface area contributed by atoms with E-state index in [9.17, 15) is 49.1 Å². The van der Waals surface area contributed by atoms with Gasteiger partial charge in [0.05, 0.1) is 6.67 Å². The Bertz CT molecular complexity index is 1620. The number of alkyl halides is 9. The summed E-state index contributed by atoms with van der Waals surface area (Å²) >= 11 is 0. The zero-order valence-electron chi connectivity index (χ0n) is 27.0. The van der Waals surface area contributed by atoms with Gasteiger partial charge in [0, 0.05) is 56.0 Å². The van der Waals surface area contributed by atoms with Gasteiger partial charge in [-0.15, -0.1) is 0 Å². The van der Waals surface area contributed by atoms with Gasteiger partial charge in [-0.05, 0) is 36.6 Å². The second kappa shape index (κ2) is 18.3. The lowest BCUT2D eigenvalue weighted by Crippen LogP contribution is -2.56. The van der Waals surface area contributed by atoms with E-state index in [-0.39, 0.29) is 11.8 Å². The molecule has 2 fully saturated rings. The van der Waals surface area contributed by atoms with Crippen molar-refractivity contribution in [2.45, 2.75) is 43.5 Å². The number of carboxylic acid groups (broad SMARTS) is 3. The van der Waals surface area contributed by atoms with Crippen molar-refractivity contribution < 1.29 is 78.8 Å². The Labute approximate surface area is 292 Å². The second-order valence-corrected chi connectivity index (χ2v) is 11.0. The Balaban J connectivity index is 0.000000379. The number of benzene rings is 1. The number of fused-ring (bicyclic) bond motifs is 1. The molecule has 2 aromatic heterocycles. The highest BCUT2D eigenvalue weighted by Crippen LogP contribution is 2.33. The fourth-order valence-corrected chi connectivity index (χ4v) is 4.85. The lowest BCUT2D eigenvalue weighted by atomic mass is 9.86. The number of carbonyl (C=O) groups is 5. The highest BCUT2D eigenvalue weighted by atomic mass is 19.4. The van der Waals surface area contributed by atoms with Gasteiger partial charge in [0.1, 0.15) is 11.2 Å². The number of nitrogens with one attached hydrogen (secondary N) is 3. The molecule has 1 spiro atoms. The SMILES string of the molecule is O=C(NCCN1CCC2(CC1)C(=O)NCN2Cc1cccnc1)c1cc2ccccc2[nH]1.O=C(O)C(F)(F)F.O=C(O)C(F)(F)F.O=C(O)C(F)(F)F. The number of halogens is 9. The molecular weight excluding hydrogens is 743 g/mol. The van der Waals surface area contributed by atoms with Gasteiger partial charge in [0.15, 0.2) is 0 Å². The molecule has 0 bridgehead atoms. The molecule has 2 aliphatic rings. The Kier molecular flexibility index (Phi) is 15.1. The summed E-state index contributed by atoms with van der Waals surface area (Å²) in [5.41, 5.74) is 2.22. The van der Waals surface area contributed by atoms with Crippen LogP contribution >= 0.6 is 0 Å². The van der Waals surface area contributed by atoms with Crippen molar-refractivity contribution in [2.75, 3.05) is 32.8 Å². The van der Waals surface area contributed by atoms with Crippen molar-refractivity contribution in [3.05, 3.63) is 66.1 Å². The summed E-state index contributed by atoms with van der Waals surface area (Å²) in [5, 5.41) is 28.5. The number of carboxylic acids is 3. The monoisotopic (exact) mass is 774 g/mol. The van der Waals surface area contributed by atoms with Crippen molar-refractivity contribution in [1.29, 1.82) is 0 Å². The van der Waals surface area contributed by atoms with E-state index >= 15 is 0 Å². The van der Waals surface area contributed by atoms with Crippen LogP contribution < -0.4 is 10.6 Å². The highest BCUT2D eigenvalue weighted by Gasteiger charge is 2.50. The predicted molar refractivity (Wildman–Crippen MR) is 163 cm³/mol. The number of hydrogen-bond acceptors (Lipinski definition) is 8. The zero-order chi connectivity index (χ0) is 40.2. The zero-order valence-corrected chi connectivity index (χ0v) is 27.0. The van der Waals surface area contributed by atoms with Gasteiger partial charge in [-0.1, -0.05) is 24.3 Å². The summed E-state index contributed by atoms with van der Waals surface area (Å²) in [4.78, 5) is 63.9. The minimum absolute atomic E-state index is 0.0903. The molecule has 6 N–H and O–H groups in total. The van der Waals surface area contributed by atoms with E-state index in [1.54, 1.807) is 6.20 Å². The van der Waals surface area contributed by atoms with Crippen LogP contribution in [-0.4, -0.2) is 122 Å². The van der Waals surface area contributed by atoms with E-state index in [0.29, 0.717) is 25.5 Å². The highest BCUT2D eigenvalue weighted by molar-refractivity contribution is 5.98. The third-order valence-corrected chi connectivity index (χ3v) is 7.45. The van der Waals surface area contributed by atoms with Crippen molar-refractivity contribution in [2.24, 2.45) is 0 Å². The largest absolute Gasteiger partial charge is 0.490 e. The smallest absolute Gasteiger partial charge is 0.475 e. The normalized spacial score (nSPS) is 15.8. The van der Waals surface area contributed by atoms with Crippen LogP contribution in [0.2, 0.25) is 0 Å². The maximum atomic E-state index is 12.7. The number of aliphatic carboxylic acids is 3. The Hall–Kier alpha value is -5.45. The van der Waals surface area contributed by atoms with Crippen LogP contribution in [0, 0.1) is 0 Å². The molecule has 3 aromatic rings. The minimum Gasteiger partial charge on any atom is -0.475 e. The number of piperidine rings is 1. The molecule has 2 amide bonds. The van der Waals surface area contributed by atoms with Gasteiger partial charge in [-0.2, -0.15) is 39.5 Å². The summed E-state index contributed by atoms with van der Waals surface area (Å²) in [6.07, 6.45) is -10.0. The lowest BCUT2D eigenvalue weighted by molar-refractivity contribution is -0.193. The van der Waals surface area contributed by atoms with Crippen molar-refractivity contribution in [1.82, 2.24) is 30.4 Å². The average Bonchev–Trinajstić information content (AvgIpc) is 3.63. The van der Waals surface area contributed by atoms with Gasteiger partial charge >= 0.3 is 36.4 Å². The fourth-order valence-electron chi connectivity index (χ4n) is 4.85. The molecular formula is C30H31F9N6O8. The molecule has 5 rings (SSSR count). The molecule has 1 aromatic carbocycles. The molecule has 0 saturated carbocycles. The summed E-state index contributed by atoms with van der Waals surface area (Å²) in [7, 11) is 0. The number of rotatable bonds is 6. The van der Waals surface area contributed by atoms with Gasteiger partial charge in [0.2, 0.25) is 5.91 Å². The van der Waals surface area contributed by atoms with Gasteiger partial charge in [0.25, 0.3) is 5.91 Å². The standard InChI is InChI=1S/C24H28N6O2.3C2HF3O2/c31-22(21-14-19-5-1-2-6-20(19)28-21)26-10-13-29-11-7-24(8-12-29)23(32)27-17-30(24)16-18-4-3-9-25-15-18;3*3-2(4,5)1(6)7/h1-6,9,14-15,28H,7-8,10-13,16-17H2,(H,26,31)(H,27,32);3*(H,6,7). The molecule has 0 atom stereocenters. The average molecular weight is 775 g/mol. The van der Waals surface area contributed by atoms with Gasteiger partial charge in [-0.3, -0.25) is 19.5 Å². The Morgan fingerprint density at radius 3 is 1.83 bits per heavy atom. The number of para-hydroxylation sites is 1. The molecule has 0 radical (unpaired) electrons. The molecule has 53 heavy (non-hydrogen) atoms. The van der Waals surface area contributed by atoms with Gasteiger partial charge < -0.3 is 35.8 Å². The predicted octanol–water partition coefficient (Wildman–Crippen LogP) is 3.62. The molecule has 2 aliphatic heterocycles. The van der Waals surface area contributed by atoms with Gasteiger partial charge in [-0.25, -0.2) is 14.4 Å². The van der Waals surface area contributed by atoms with Crippen LogP contribution in [0.3, 0.4) is 0 Å². The summed E-state index contributed by atoms with van der Waals surface area (Å²) in [5.74, 6) is -8.23. The number of nitrogens with zero attached hydrogens (tertiary/aromatic N) is 3. The summed E-state index contributed by atoms with van der Waals surface area (Å²) in [6, 6.07) is 13.7. The van der Waals surface area contributed by atoms with E-state index < -0.39 is 42.0 Å². The first kappa shape index (κ1) is 43.7. The van der Waals surface area contributed by atoms with E-state index in [0.717, 1.165) is 48.9 Å². The lowest BCUT2D eigenvalue weighted by Gasteiger charge is -2.42. The Morgan fingerprint density at radius 1 is 0.830 bits per heavy atom. The van der Waals surface area contributed by atoms with Crippen LogP contribution in [0.1, 0.15) is 28.9 Å². The number of carbonyl (C=O) groups excluding carboxylic acids is 2. The topological polar surface area (TPSA) is 205 Å². The summed E-state index contributed by atoms with van der Waals surface area (Å²) in [6.45, 7) is 4.30. The number of amides is 2. The molecule has 292 valence electrons. The Morgan fingerprint density at radius 2 is 1.36 bits per heavy atom. The van der Waals surface area contributed by atoms with Crippen LogP contribution in [0.25, 0.3) is 10.9 Å². The number of H-pyrrole nitrogens is 1. The molecule has 0 unspecified atom stereocenters. The number of aromatic amines is 1. The quantitative estimate of drug-likeness (QED) is 0.200. The van der Waals surface area contributed by atoms with Crippen molar-refractivity contribution >= 4 is 40.6 Å². The minimum atomic E-state index is -5.08. The summed E-state index contributed by atoms with van der Waals surface area (Å²) < 4.78 is 95.2. The maximum Gasteiger partial charge on any atom is 0.490 e. The molecule has 2 saturated heterocycles. The third kappa shape index (κ3) is 13.6. The number of hydrogen-bond donors (Lipinski definition) is 6. The van der Waals surface area contributed by atoms with Crippen LogP contribution in [-0.2, 0) is 25.7 Å². The van der Waals surface area contributed by atoms with Crippen LogP contribution in [0.15, 0.2) is 54.9 Å². The van der Waals surface area contributed by atoms with E-state index in [2.05, 4.69) is 36.5 Å².